The minimum Gasteiger partial charge on any atom is -0.353 e. The summed E-state index contributed by atoms with van der Waals surface area (Å²) >= 11 is 0. The molecule has 0 saturated carbocycles. The average molecular weight is 211 g/mol. The van der Waals surface area contributed by atoms with Crippen molar-refractivity contribution >= 4 is 5.91 Å². The van der Waals surface area contributed by atoms with E-state index in [9.17, 15) is 4.79 Å². The van der Waals surface area contributed by atoms with Crippen LogP contribution in [0, 0.1) is 22.7 Å². The number of hydrogen-bond acceptors (Lipinski definition) is 1. The molecule has 1 aliphatic heterocycles. The van der Waals surface area contributed by atoms with Gasteiger partial charge in [-0.3, -0.25) is 4.79 Å². The highest BCUT2D eigenvalue weighted by Gasteiger charge is 2.53. The van der Waals surface area contributed by atoms with E-state index in [0.29, 0.717) is 5.92 Å². The Balaban J connectivity index is 3.15. The van der Waals surface area contributed by atoms with Crippen LogP contribution in [0.15, 0.2) is 0 Å². The van der Waals surface area contributed by atoms with E-state index in [0.717, 1.165) is 0 Å². The Bertz CT molecular complexity index is 266. The van der Waals surface area contributed by atoms with Crippen LogP contribution in [0.5, 0.6) is 0 Å². The lowest BCUT2D eigenvalue weighted by Crippen LogP contribution is -2.63. The summed E-state index contributed by atoms with van der Waals surface area (Å²) < 4.78 is 0. The average Bonchev–Trinajstić information content (AvgIpc) is 1.99. The molecule has 1 fully saturated rings. The third-order valence-electron chi connectivity index (χ3n) is 4.83. The molecule has 0 aromatic carbocycles. The van der Waals surface area contributed by atoms with Gasteiger partial charge in [-0.15, -0.1) is 0 Å². The smallest absolute Gasteiger partial charge is 0.224 e. The number of hydrogen-bond donors (Lipinski definition) is 1. The summed E-state index contributed by atoms with van der Waals surface area (Å²) in [5, 5.41) is 3.12. The summed E-state index contributed by atoms with van der Waals surface area (Å²) in [6.07, 6.45) is 0. The van der Waals surface area contributed by atoms with Gasteiger partial charge in [-0.2, -0.15) is 0 Å². The quantitative estimate of drug-likeness (QED) is 0.710. The molecule has 15 heavy (non-hydrogen) atoms. The molecule has 0 bridgehead atoms. The normalized spacial score (nSPS) is 34.0. The van der Waals surface area contributed by atoms with E-state index in [1.165, 1.54) is 0 Å². The molecule has 0 radical (unpaired) electrons. The van der Waals surface area contributed by atoms with Crippen molar-refractivity contribution in [2.75, 3.05) is 0 Å². The Hall–Kier alpha value is -0.530. The SMILES string of the molecule is CC(C)C1C(=O)NC(C)C(C)(C)C1(C)C. The van der Waals surface area contributed by atoms with Crippen molar-refractivity contribution < 1.29 is 4.79 Å². The molecule has 1 rings (SSSR count). The summed E-state index contributed by atoms with van der Waals surface area (Å²) in [4.78, 5) is 12.0. The largest absolute Gasteiger partial charge is 0.353 e. The molecular formula is C13H25NO. The monoisotopic (exact) mass is 211 g/mol. The maximum atomic E-state index is 12.0. The van der Waals surface area contributed by atoms with Gasteiger partial charge in [-0.25, -0.2) is 0 Å². The van der Waals surface area contributed by atoms with Crippen molar-refractivity contribution in [3.8, 4) is 0 Å². The first-order valence-corrected chi connectivity index (χ1v) is 5.92. The van der Waals surface area contributed by atoms with Gasteiger partial charge in [-0.1, -0.05) is 41.5 Å². The number of carbonyl (C=O) groups excluding carboxylic acids is 1. The fourth-order valence-corrected chi connectivity index (χ4v) is 2.91. The van der Waals surface area contributed by atoms with Crippen LogP contribution in [0.2, 0.25) is 0 Å². The summed E-state index contributed by atoms with van der Waals surface area (Å²) in [5.74, 6) is 0.734. The van der Waals surface area contributed by atoms with Gasteiger partial charge in [0.2, 0.25) is 5.91 Å². The Morgan fingerprint density at radius 1 is 1.13 bits per heavy atom. The molecule has 1 saturated heterocycles. The van der Waals surface area contributed by atoms with Gasteiger partial charge in [0.05, 0.1) is 0 Å². The van der Waals surface area contributed by atoms with Crippen LogP contribution in [0.1, 0.15) is 48.5 Å². The summed E-state index contributed by atoms with van der Waals surface area (Å²) in [6.45, 7) is 15.4. The third-order valence-corrected chi connectivity index (χ3v) is 4.83. The molecule has 2 heteroatoms. The first kappa shape index (κ1) is 12.5. The maximum Gasteiger partial charge on any atom is 0.224 e. The predicted molar refractivity (Wildman–Crippen MR) is 63.5 cm³/mol. The van der Waals surface area contributed by atoms with Crippen LogP contribution in [-0.2, 0) is 4.79 Å². The topological polar surface area (TPSA) is 29.1 Å². The van der Waals surface area contributed by atoms with Crippen molar-refractivity contribution in [2.24, 2.45) is 22.7 Å². The number of piperidine rings is 1. The highest BCUT2D eigenvalue weighted by atomic mass is 16.2. The van der Waals surface area contributed by atoms with E-state index in [1.54, 1.807) is 0 Å². The summed E-state index contributed by atoms with van der Waals surface area (Å²) in [6, 6.07) is 0.245. The summed E-state index contributed by atoms with van der Waals surface area (Å²) in [5.41, 5.74) is 0.179. The Morgan fingerprint density at radius 3 is 2.00 bits per heavy atom. The molecule has 88 valence electrons. The van der Waals surface area contributed by atoms with Gasteiger partial charge in [0, 0.05) is 12.0 Å². The molecule has 0 aliphatic carbocycles. The molecule has 1 N–H and O–H groups in total. The zero-order valence-corrected chi connectivity index (χ0v) is 11.1. The molecule has 2 atom stereocenters. The van der Waals surface area contributed by atoms with E-state index >= 15 is 0 Å². The zero-order chi connectivity index (χ0) is 12.0. The van der Waals surface area contributed by atoms with Gasteiger partial charge in [0.15, 0.2) is 0 Å². The van der Waals surface area contributed by atoms with Crippen LogP contribution < -0.4 is 5.32 Å². The van der Waals surface area contributed by atoms with E-state index in [4.69, 9.17) is 0 Å². The first-order chi connectivity index (χ1) is 6.62. The lowest BCUT2D eigenvalue weighted by atomic mass is 9.53. The lowest BCUT2D eigenvalue weighted by molar-refractivity contribution is -0.146. The molecule has 2 nitrogen and oxygen atoms in total. The highest BCUT2D eigenvalue weighted by molar-refractivity contribution is 5.81. The van der Waals surface area contributed by atoms with E-state index in [2.05, 4.69) is 53.8 Å². The molecule has 0 spiro atoms. The van der Waals surface area contributed by atoms with Crippen LogP contribution in [-0.4, -0.2) is 11.9 Å². The fourth-order valence-electron chi connectivity index (χ4n) is 2.91. The minimum absolute atomic E-state index is 0.0446. The second-order valence-corrected chi connectivity index (χ2v) is 6.40. The van der Waals surface area contributed by atoms with Gasteiger partial charge in [-0.05, 0) is 23.7 Å². The maximum absolute atomic E-state index is 12.0. The minimum atomic E-state index is 0.0446. The molecule has 0 aromatic rings. The van der Waals surface area contributed by atoms with Gasteiger partial charge < -0.3 is 5.32 Å². The van der Waals surface area contributed by atoms with Crippen molar-refractivity contribution in [1.82, 2.24) is 5.32 Å². The van der Waals surface area contributed by atoms with Crippen molar-refractivity contribution in [3.05, 3.63) is 0 Å². The standard InChI is InChI=1S/C13H25NO/c1-8(2)10-11(15)14-9(3)12(4,5)13(10,6)7/h8-10H,1-7H3,(H,14,15). The van der Waals surface area contributed by atoms with Crippen molar-refractivity contribution in [1.29, 1.82) is 0 Å². The van der Waals surface area contributed by atoms with E-state index < -0.39 is 0 Å². The van der Waals surface area contributed by atoms with Gasteiger partial charge in [0.25, 0.3) is 0 Å². The molecule has 1 amide bonds. The number of carbonyl (C=O) groups is 1. The lowest BCUT2D eigenvalue weighted by Gasteiger charge is -2.55. The number of nitrogens with one attached hydrogen (secondary N) is 1. The predicted octanol–water partition coefficient (Wildman–Crippen LogP) is 2.83. The molecule has 1 aliphatic rings. The van der Waals surface area contributed by atoms with E-state index in [1.807, 2.05) is 0 Å². The van der Waals surface area contributed by atoms with Gasteiger partial charge >= 0.3 is 0 Å². The second kappa shape index (κ2) is 3.50. The zero-order valence-electron chi connectivity index (χ0n) is 11.1. The number of amides is 1. The van der Waals surface area contributed by atoms with Crippen molar-refractivity contribution in [3.63, 3.8) is 0 Å². The molecule has 0 aromatic heterocycles. The Morgan fingerprint density at radius 2 is 1.60 bits per heavy atom. The van der Waals surface area contributed by atoms with Crippen LogP contribution in [0.25, 0.3) is 0 Å². The van der Waals surface area contributed by atoms with E-state index in [-0.39, 0.29) is 28.7 Å². The van der Waals surface area contributed by atoms with Crippen molar-refractivity contribution in [2.45, 2.75) is 54.5 Å². The fraction of sp³-hybridized carbons (Fsp3) is 0.923. The third kappa shape index (κ3) is 1.68. The first-order valence-electron chi connectivity index (χ1n) is 5.92. The molecular weight excluding hydrogens is 186 g/mol. The molecule has 1 heterocycles. The molecule has 2 unspecified atom stereocenters. The van der Waals surface area contributed by atoms with Crippen LogP contribution in [0.3, 0.4) is 0 Å². The van der Waals surface area contributed by atoms with Crippen LogP contribution >= 0.6 is 0 Å². The van der Waals surface area contributed by atoms with Gasteiger partial charge in [0.1, 0.15) is 0 Å². The Labute approximate surface area is 93.8 Å². The number of rotatable bonds is 1. The van der Waals surface area contributed by atoms with Crippen LogP contribution in [0.4, 0.5) is 0 Å². The summed E-state index contributed by atoms with van der Waals surface area (Å²) in [7, 11) is 0. The second-order valence-electron chi connectivity index (χ2n) is 6.40. The Kier molecular flexibility index (Phi) is 2.92. The highest BCUT2D eigenvalue weighted by Crippen LogP contribution is 2.51.